The molecule has 0 fully saturated rings. The molecule has 0 unspecified atom stereocenters. The number of benzene rings is 1. The molecule has 0 saturated carbocycles. The molecule has 0 spiro atoms. The van der Waals surface area contributed by atoms with Crippen molar-refractivity contribution in [3.8, 4) is 11.1 Å². The Kier molecular flexibility index (Phi) is 8.45. The first kappa shape index (κ1) is 23.8. The third kappa shape index (κ3) is 6.34. The van der Waals surface area contributed by atoms with Gasteiger partial charge in [0.1, 0.15) is 5.82 Å². The van der Waals surface area contributed by atoms with Gasteiger partial charge in [-0.25, -0.2) is 4.98 Å². The van der Waals surface area contributed by atoms with Gasteiger partial charge in [0.25, 0.3) is 11.8 Å². The van der Waals surface area contributed by atoms with Crippen LogP contribution in [-0.4, -0.2) is 67.2 Å². The van der Waals surface area contributed by atoms with Crippen molar-refractivity contribution in [3.05, 3.63) is 72.2 Å². The van der Waals surface area contributed by atoms with Crippen LogP contribution in [0.15, 0.2) is 61.1 Å². The minimum atomic E-state index is -0.369. The number of amides is 2. The summed E-state index contributed by atoms with van der Waals surface area (Å²) in [6.07, 6.45) is 4.77. The predicted molar refractivity (Wildman–Crippen MR) is 126 cm³/mol. The number of methoxy groups -OCH3 is 2. The lowest BCUT2D eigenvalue weighted by molar-refractivity contribution is 0.0627. The zero-order valence-corrected chi connectivity index (χ0v) is 18.7. The third-order valence-corrected chi connectivity index (χ3v) is 4.98. The molecule has 0 saturated heterocycles. The lowest BCUT2D eigenvalue weighted by Gasteiger charge is -2.22. The van der Waals surface area contributed by atoms with Gasteiger partial charge < -0.3 is 25.4 Å². The number of nitrogens with two attached hydrogens (primary N) is 1. The maximum Gasteiger partial charge on any atom is 0.259 e. The molecule has 0 radical (unpaired) electrons. The zero-order chi connectivity index (χ0) is 23.6. The molecule has 1 aromatic carbocycles. The quantitative estimate of drug-likeness (QED) is 0.488. The van der Waals surface area contributed by atoms with Gasteiger partial charge in [-0.1, -0.05) is 12.1 Å². The minimum absolute atomic E-state index is 0.108. The molecule has 0 bridgehead atoms. The number of ether oxygens (including phenoxy) is 2. The summed E-state index contributed by atoms with van der Waals surface area (Å²) in [4.78, 5) is 35.4. The number of hydrogen-bond donors (Lipinski definition) is 2. The molecule has 2 heterocycles. The van der Waals surface area contributed by atoms with E-state index in [1.54, 1.807) is 68.0 Å². The van der Waals surface area contributed by atoms with Crippen LogP contribution in [0.1, 0.15) is 20.7 Å². The molecule has 172 valence electrons. The summed E-state index contributed by atoms with van der Waals surface area (Å²) in [5.41, 5.74) is 8.87. The monoisotopic (exact) mass is 449 g/mol. The summed E-state index contributed by atoms with van der Waals surface area (Å²) in [5.74, 6) is -0.348. The molecule has 9 heteroatoms. The fourth-order valence-corrected chi connectivity index (χ4v) is 3.15. The van der Waals surface area contributed by atoms with Crippen molar-refractivity contribution < 1.29 is 19.1 Å². The summed E-state index contributed by atoms with van der Waals surface area (Å²) in [5, 5.41) is 2.78. The fraction of sp³-hybridized carbons (Fsp3) is 0.250. The third-order valence-electron chi connectivity index (χ3n) is 4.98. The Bertz CT molecular complexity index is 1070. The van der Waals surface area contributed by atoms with Crippen LogP contribution in [0.3, 0.4) is 0 Å². The summed E-state index contributed by atoms with van der Waals surface area (Å²) in [6.45, 7) is 1.82. The van der Waals surface area contributed by atoms with Crippen LogP contribution < -0.4 is 11.1 Å². The van der Waals surface area contributed by atoms with Crippen molar-refractivity contribution in [1.29, 1.82) is 0 Å². The highest BCUT2D eigenvalue weighted by molar-refractivity contribution is 6.07. The van der Waals surface area contributed by atoms with Gasteiger partial charge in [0.05, 0.1) is 18.8 Å². The molecular weight excluding hydrogens is 422 g/mol. The second-order valence-corrected chi connectivity index (χ2v) is 7.20. The first-order valence-corrected chi connectivity index (χ1v) is 10.4. The molecule has 9 nitrogen and oxygen atoms in total. The number of anilines is 2. The van der Waals surface area contributed by atoms with Crippen molar-refractivity contribution >= 4 is 23.3 Å². The van der Waals surface area contributed by atoms with Crippen LogP contribution in [0.4, 0.5) is 11.5 Å². The number of rotatable bonds is 10. The molecule has 33 heavy (non-hydrogen) atoms. The van der Waals surface area contributed by atoms with Crippen LogP contribution in [0.25, 0.3) is 11.1 Å². The maximum atomic E-state index is 12.9. The largest absolute Gasteiger partial charge is 0.383 e. The molecule has 3 N–H and O–H groups in total. The first-order valence-electron chi connectivity index (χ1n) is 10.4. The second kappa shape index (κ2) is 11.7. The summed E-state index contributed by atoms with van der Waals surface area (Å²) in [7, 11) is 3.19. The van der Waals surface area contributed by atoms with Gasteiger partial charge >= 0.3 is 0 Å². The van der Waals surface area contributed by atoms with E-state index in [4.69, 9.17) is 15.2 Å². The highest BCUT2D eigenvalue weighted by Gasteiger charge is 2.17. The van der Waals surface area contributed by atoms with E-state index in [1.807, 2.05) is 12.1 Å². The normalized spacial score (nSPS) is 10.6. The van der Waals surface area contributed by atoms with Gasteiger partial charge in [0.2, 0.25) is 0 Å². The lowest BCUT2D eigenvalue weighted by atomic mass is 10.0. The number of carbonyl (C=O) groups is 2. The van der Waals surface area contributed by atoms with Crippen LogP contribution in [-0.2, 0) is 9.47 Å². The van der Waals surface area contributed by atoms with Crippen molar-refractivity contribution in [2.45, 2.75) is 0 Å². The van der Waals surface area contributed by atoms with Crippen LogP contribution >= 0.6 is 0 Å². The maximum absolute atomic E-state index is 12.9. The Balaban J connectivity index is 1.78. The van der Waals surface area contributed by atoms with Gasteiger partial charge in [-0.15, -0.1) is 0 Å². The molecule has 2 aromatic heterocycles. The van der Waals surface area contributed by atoms with Crippen LogP contribution in [0.5, 0.6) is 0 Å². The number of nitrogen functional groups attached to an aromatic ring is 1. The number of aromatic nitrogens is 2. The average Bonchev–Trinajstić information content (AvgIpc) is 2.85. The van der Waals surface area contributed by atoms with Gasteiger partial charge in [-0.2, -0.15) is 0 Å². The summed E-state index contributed by atoms with van der Waals surface area (Å²) in [6, 6.07) is 12.2. The van der Waals surface area contributed by atoms with E-state index in [2.05, 4.69) is 15.3 Å². The molecule has 3 aromatic rings. The van der Waals surface area contributed by atoms with E-state index in [-0.39, 0.29) is 23.2 Å². The predicted octanol–water partition coefficient (Wildman–Crippen LogP) is 2.71. The second-order valence-electron chi connectivity index (χ2n) is 7.20. The number of nitrogens with one attached hydrogen (secondary N) is 1. The highest BCUT2D eigenvalue weighted by atomic mass is 16.5. The molecule has 0 aliphatic heterocycles. The summed E-state index contributed by atoms with van der Waals surface area (Å²) >= 11 is 0. The number of pyridine rings is 2. The molecule has 0 aliphatic carbocycles. The molecule has 2 amide bonds. The summed E-state index contributed by atoms with van der Waals surface area (Å²) < 4.78 is 10.2. The van der Waals surface area contributed by atoms with E-state index < -0.39 is 0 Å². The molecule has 0 aliphatic rings. The Morgan fingerprint density at radius 2 is 1.61 bits per heavy atom. The van der Waals surface area contributed by atoms with Gasteiger partial charge in [-0.3, -0.25) is 14.6 Å². The van der Waals surface area contributed by atoms with Crippen molar-refractivity contribution in [3.63, 3.8) is 0 Å². The molecule has 3 rings (SSSR count). The Labute approximate surface area is 192 Å². The van der Waals surface area contributed by atoms with Crippen molar-refractivity contribution in [2.75, 3.05) is 51.6 Å². The number of carbonyl (C=O) groups excluding carboxylic acids is 2. The van der Waals surface area contributed by atoms with Crippen molar-refractivity contribution in [2.24, 2.45) is 0 Å². The SMILES string of the molecule is COCCN(CCOC)C(=O)c1ccc(-c2cnc(N)c(C(=O)Nc3ccncc3)c2)cc1. The Morgan fingerprint density at radius 3 is 2.21 bits per heavy atom. The van der Waals surface area contributed by atoms with Crippen molar-refractivity contribution in [1.82, 2.24) is 14.9 Å². The lowest BCUT2D eigenvalue weighted by Crippen LogP contribution is -2.36. The van der Waals surface area contributed by atoms with Crippen LogP contribution in [0.2, 0.25) is 0 Å². The topological polar surface area (TPSA) is 120 Å². The minimum Gasteiger partial charge on any atom is -0.383 e. The van der Waals surface area contributed by atoms with E-state index in [0.717, 1.165) is 5.56 Å². The number of hydrogen-bond acceptors (Lipinski definition) is 7. The van der Waals surface area contributed by atoms with E-state index in [1.165, 1.54) is 0 Å². The van der Waals surface area contributed by atoms with E-state index >= 15 is 0 Å². The Hall–Kier alpha value is -3.82. The fourth-order valence-electron chi connectivity index (χ4n) is 3.15. The van der Waals surface area contributed by atoms with Gasteiger partial charge in [0.15, 0.2) is 0 Å². The zero-order valence-electron chi connectivity index (χ0n) is 18.7. The smallest absolute Gasteiger partial charge is 0.259 e. The molecular formula is C24H27N5O4. The van der Waals surface area contributed by atoms with E-state index in [0.29, 0.717) is 43.1 Å². The molecule has 0 atom stereocenters. The van der Waals surface area contributed by atoms with Crippen LogP contribution in [0, 0.1) is 0 Å². The van der Waals surface area contributed by atoms with Gasteiger partial charge in [0, 0.05) is 62.7 Å². The van der Waals surface area contributed by atoms with Gasteiger partial charge in [-0.05, 0) is 35.9 Å². The highest BCUT2D eigenvalue weighted by Crippen LogP contribution is 2.24. The standard InChI is InChI=1S/C24H27N5O4/c1-32-13-11-29(12-14-33-2)24(31)18-5-3-17(4-6-18)19-15-21(22(25)27-16-19)23(30)28-20-7-9-26-10-8-20/h3-10,15-16H,11-14H2,1-2H3,(H2,25,27)(H,26,28,30). The first-order chi connectivity index (χ1) is 16.0. The van der Waals surface area contributed by atoms with E-state index in [9.17, 15) is 9.59 Å². The average molecular weight is 450 g/mol. The Morgan fingerprint density at radius 1 is 0.970 bits per heavy atom. The number of nitrogens with zero attached hydrogens (tertiary/aromatic N) is 3.